The fourth-order valence-corrected chi connectivity index (χ4v) is 3.00. The summed E-state index contributed by atoms with van der Waals surface area (Å²) in [5, 5.41) is 0. The van der Waals surface area contributed by atoms with Crippen molar-refractivity contribution in [3.63, 3.8) is 0 Å². The molecule has 0 heterocycles. The third kappa shape index (κ3) is 6.62. The van der Waals surface area contributed by atoms with Gasteiger partial charge in [-0.05, 0) is 52.9 Å². The van der Waals surface area contributed by atoms with Gasteiger partial charge in [0.1, 0.15) is 5.82 Å². The second-order valence-corrected chi connectivity index (χ2v) is 8.30. The van der Waals surface area contributed by atoms with Crippen molar-refractivity contribution >= 4 is 27.5 Å². The summed E-state index contributed by atoms with van der Waals surface area (Å²) in [5.74, 6) is -0.212. The molecule has 1 atom stereocenters. The molecule has 1 unspecified atom stereocenters. The van der Waals surface area contributed by atoms with Gasteiger partial charge in [0.25, 0.3) is 0 Å². The predicted molar refractivity (Wildman–Crippen MR) is 99.3 cm³/mol. The average Bonchev–Trinajstić information content (AvgIpc) is 2.41. The molecule has 0 aromatic heterocycles. The lowest BCUT2D eigenvalue weighted by atomic mass is 9.91. The van der Waals surface area contributed by atoms with E-state index >= 15 is 0 Å². The Labute approximate surface area is 148 Å². The number of carbonyl (C=O) groups is 1. The summed E-state index contributed by atoms with van der Waals surface area (Å²) in [5.41, 5.74) is 0.687. The molecule has 0 aliphatic carbocycles. The molecule has 0 bridgehead atoms. The number of anilines is 1. The lowest BCUT2D eigenvalue weighted by molar-refractivity contribution is -0.120. The second-order valence-electron chi connectivity index (χ2n) is 7.44. The van der Waals surface area contributed by atoms with Gasteiger partial charge in [-0.25, -0.2) is 4.39 Å². The van der Waals surface area contributed by atoms with E-state index in [1.807, 2.05) is 4.90 Å². The topological polar surface area (TPSA) is 20.3 Å². The van der Waals surface area contributed by atoms with E-state index in [1.54, 1.807) is 12.1 Å². The fraction of sp³-hybridized carbons (Fsp3) is 0.632. The predicted octanol–water partition coefficient (Wildman–Crippen LogP) is 6.33. The molecule has 0 saturated carbocycles. The average molecular weight is 386 g/mol. The van der Waals surface area contributed by atoms with Crippen LogP contribution in [0.15, 0.2) is 22.7 Å². The molecule has 0 aliphatic heterocycles. The van der Waals surface area contributed by atoms with Crippen molar-refractivity contribution in [2.24, 2.45) is 5.41 Å². The van der Waals surface area contributed by atoms with Crippen molar-refractivity contribution in [1.29, 1.82) is 0 Å². The Hall–Kier alpha value is -0.900. The Kier molecular flexibility index (Phi) is 7.72. The van der Waals surface area contributed by atoms with Crippen molar-refractivity contribution in [2.75, 3.05) is 4.90 Å². The van der Waals surface area contributed by atoms with Crippen LogP contribution in [0.25, 0.3) is 0 Å². The molecular weight excluding hydrogens is 357 g/mol. The van der Waals surface area contributed by atoms with Gasteiger partial charge in [0.15, 0.2) is 0 Å². The number of nitrogens with zero attached hydrogens (tertiary/aromatic N) is 1. The van der Waals surface area contributed by atoms with Gasteiger partial charge in [-0.1, -0.05) is 47.0 Å². The van der Waals surface area contributed by atoms with Crippen LogP contribution < -0.4 is 4.90 Å². The van der Waals surface area contributed by atoms with Gasteiger partial charge in [-0.3, -0.25) is 4.79 Å². The van der Waals surface area contributed by atoms with Gasteiger partial charge in [0.05, 0.1) is 4.47 Å². The maximum atomic E-state index is 13.5. The third-order valence-electron chi connectivity index (χ3n) is 3.80. The highest BCUT2D eigenvalue weighted by atomic mass is 79.9. The van der Waals surface area contributed by atoms with E-state index in [4.69, 9.17) is 0 Å². The highest BCUT2D eigenvalue weighted by Gasteiger charge is 2.26. The first-order chi connectivity index (χ1) is 10.7. The molecule has 0 radical (unpaired) electrons. The van der Waals surface area contributed by atoms with Crippen LogP contribution in [0.2, 0.25) is 0 Å². The van der Waals surface area contributed by atoms with Crippen LogP contribution >= 0.6 is 15.9 Å². The number of hydrogen-bond donors (Lipinski definition) is 0. The molecule has 1 rings (SSSR count). The zero-order chi connectivity index (χ0) is 17.6. The highest BCUT2D eigenvalue weighted by molar-refractivity contribution is 9.10. The molecule has 0 N–H and O–H groups in total. The van der Waals surface area contributed by atoms with Gasteiger partial charge in [-0.2, -0.15) is 0 Å². The Bertz CT molecular complexity index is 525. The smallest absolute Gasteiger partial charge is 0.227 e. The van der Waals surface area contributed by atoms with Crippen LogP contribution in [-0.2, 0) is 4.79 Å². The van der Waals surface area contributed by atoms with Gasteiger partial charge in [-0.15, -0.1) is 0 Å². The first kappa shape index (κ1) is 20.1. The van der Waals surface area contributed by atoms with Gasteiger partial charge in [0.2, 0.25) is 5.91 Å². The van der Waals surface area contributed by atoms with Crippen LogP contribution in [0.1, 0.15) is 66.7 Å². The molecule has 23 heavy (non-hydrogen) atoms. The van der Waals surface area contributed by atoms with E-state index in [-0.39, 0.29) is 23.2 Å². The van der Waals surface area contributed by atoms with Crippen LogP contribution in [0, 0.1) is 11.2 Å². The van der Waals surface area contributed by atoms with Crippen molar-refractivity contribution < 1.29 is 9.18 Å². The summed E-state index contributed by atoms with van der Waals surface area (Å²) >= 11 is 3.22. The molecule has 0 aliphatic rings. The van der Waals surface area contributed by atoms with Crippen molar-refractivity contribution in [3.8, 4) is 0 Å². The molecule has 4 heteroatoms. The minimum atomic E-state index is -0.310. The highest BCUT2D eigenvalue weighted by Crippen LogP contribution is 2.29. The Morgan fingerprint density at radius 1 is 1.30 bits per heavy atom. The Balaban J connectivity index is 3.04. The summed E-state index contributed by atoms with van der Waals surface area (Å²) in [6.45, 7) is 10.4. The van der Waals surface area contributed by atoms with Gasteiger partial charge in [0, 0.05) is 18.2 Å². The fourth-order valence-electron chi connectivity index (χ4n) is 2.64. The number of benzene rings is 1. The largest absolute Gasteiger partial charge is 0.310 e. The van der Waals surface area contributed by atoms with Gasteiger partial charge < -0.3 is 4.90 Å². The quantitative estimate of drug-likeness (QED) is 0.502. The molecule has 0 spiro atoms. The first-order valence-corrected chi connectivity index (χ1v) is 9.22. The zero-order valence-electron chi connectivity index (χ0n) is 15.0. The van der Waals surface area contributed by atoms with Crippen molar-refractivity contribution in [1.82, 2.24) is 0 Å². The molecule has 0 saturated heterocycles. The zero-order valence-corrected chi connectivity index (χ0v) is 16.5. The van der Waals surface area contributed by atoms with E-state index in [9.17, 15) is 9.18 Å². The maximum absolute atomic E-state index is 13.5. The van der Waals surface area contributed by atoms with E-state index in [0.717, 1.165) is 24.9 Å². The molecule has 1 aromatic carbocycles. The second kappa shape index (κ2) is 8.81. The molecule has 0 fully saturated rings. The SMILES string of the molecule is CCCCCC(C)N(C(=O)CC(C)(C)C)c1ccc(F)c(Br)c1. The number of rotatable bonds is 7. The number of carbonyl (C=O) groups excluding carboxylic acids is 1. The lowest BCUT2D eigenvalue weighted by Gasteiger charge is -2.32. The monoisotopic (exact) mass is 385 g/mol. The summed E-state index contributed by atoms with van der Waals surface area (Å²) in [7, 11) is 0. The summed E-state index contributed by atoms with van der Waals surface area (Å²) in [6, 6.07) is 4.91. The molecule has 130 valence electrons. The Morgan fingerprint density at radius 3 is 2.48 bits per heavy atom. The maximum Gasteiger partial charge on any atom is 0.227 e. The van der Waals surface area contributed by atoms with Crippen LogP contribution in [0.4, 0.5) is 10.1 Å². The summed E-state index contributed by atoms with van der Waals surface area (Å²) in [6.07, 6.45) is 4.85. The molecule has 2 nitrogen and oxygen atoms in total. The van der Waals surface area contributed by atoms with Crippen LogP contribution in [-0.4, -0.2) is 11.9 Å². The van der Waals surface area contributed by atoms with Crippen LogP contribution in [0.5, 0.6) is 0 Å². The number of amides is 1. The first-order valence-electron chi connectivity index (χ1n) is 8.43. The van der Waals surface area contributed by atoms with E-state index in [1.165, 1.54) is 12.5 Å². The standard InChI is InChI=1S/C19H29BrFNO/c1-6-7-8-9-14(2)22(18(23)13-19(3,4)5)15-10-11-17(21)16(20)12-15/h10-12,14H,6-9,13H2,1-5H3. The van der Waals surface area contributed by atoms with E-state index < -0.39 is 0 Å². The third-order valence-corrected chi connectivity index (χ3v) is 4.41. The summed E-state index contributed by atoms with van der Waals surface area (Å²) < 4.78 is 13.9. The molecular formula is C19H29BrFNO. The lowest BCUT2D eigenvalue weighted by Crippen LogP contribution is -2.40. The van der Waals surface area contributed by atoms with Crippen molar-refractivity contribution in [2.45, 2.75) is 72.8 Å². The molecule has 1 aromatic rings. The van der Waals surface area contributed by atoms with E-state index in [0.29, 0.717) is 10.9 Å². The van der Waals surface area contributed by atoms with Crippen molar-refractivity contribution in [3.05, 3.63) is 28.5 Å². The Morgan fingerprint density at radius 2 is 1.96 bits per heavy atom. The number of halogens is 2. The normalized spacial score (nSPS) is 13.0. The van der Waals surface area contributed by atoms with Gasteiger partial charge >= 0.3 is 0 Å². The van der Waals surface area contributed by atoms with E-state index in [2.05, 4.69) is 50.5 Å². The minimum Gasteiger partial charge on any atom is -0.310 e. The minimum absolute atomic E-state index is 0.0737. The summed E-state index contributed by atoms with van der Waals surface area (Å²) in [4.78, 5) is 14.7. The number of unbranched alkanes of at least 4 members (excludes halogenated alkanes) is 2. The number of hydrogen-bond acceptors (Lipinski definition) is 1. The van der Waals surface area contributed by atoms with Crippen LogP contribution in [0.3, 0.4) is 0 Å². The molecule has 1 amide bonds.